The molecule has 0 spiro atoms. The number of thiophene rings is 1. The third-order valence-electron chi connectivity index (χ3n) is 2.55. The molecule has 0 aliphatic rings. The fourth-order valence-electron chi connectivity index (χ4n) is 1.63. The summed E-state index contributed by atoms with van der Waals surface area (Å²) in [6, 6.07) is 7.65. The normalized spacial score (nSPS) is 11.1. The molecule has 0 fully saturated rings. The van der Waals surface area contributed by atoms with E-state index < -0.39 is 0 Å². The first-order valence-electron chi connectivity index (χ1n) is 5.54. The number of rotatable bonds is 4. The van der Waals surface area contributed by atoms with Crippen molar-refractivity contribution in [1.29, 1.82) is 0 Å². The van der Waals surface area contributed by atoms with Crippen molar-refractivity contribution in [1.82, 2.24) is 14.8 Å². The maximum atomic E-state index is 5.91. The van der Waals surface area contributed by atoms with Crippen LogP contribution in [0, 0.1) is 0 Å². The third-order valence-corrected chi connectivity index (χ3v) is 5.03. The Hall–Kier alpha value is -1.24. The van der Waals surface area contributed by atoms with Crippen LogP contribution < -0.4 is 0 Å². The summed E-state index contributed by atoms with van der Waals surface area (Å²) < 4.78 is 8.07. The number of furan rings is 1. The average molecular weight is 312 g/mol. The van der Waals surface area contributed by atoms with Crippen molar-refractivity contribution < 1.29 is 4.42 Å². The van der Waals surface area contributed by atoms with Gasteiger partial charge in [-0.1, -0.05) is 23.4 Å². The smallest absolute Gasteiger partial charge is 0.200 e. The molecule has 0 aliphatic heterocycles. The van der Waals surface area contributed by atoms with Crippen LogP contribution in [0.4, 0.5) is 0 Å². The lowest BCUT2D eigenvalue weighted by Gasteiger charge is -2.00. The molecule has 3 aromatic rings. The highest BCUT2D eigenvalue weighted by atomic mass is 35.5. The van der Waals surface area contributed by atoms with Gasteiger partial charge in [-0.15, -0.1) is 21.5 Å². The van der Waals surface area contributed by atoms with Crippen molar-refractivity contribution in [3.05, 3.63) is 39.7 Å². The monoisotopic (exact) mass is 311 g/mol. The molecule has 3 heterocycles. The van der Waals surface area contributed by atoms with Gasteiger partial charge in [0.1, 0.15) is 0 Å². The van der Waals surface area contributed by atoms with Gasteiger partial charge in [0.15, 0.2) is 16.7 Å². The summed E-state index contributed by atoms with van der Waals surface area (Å²) in [7, 11) is 1.93. The van der Waals surface area contributed by atoms with Crippen LogP contribution in [-0.2, 0) is 12.8 Å². The lowest BCUT2D eigenvalue weighted by atomic mass is 10.4. The van der Waals surface area contributed by atoms with Gasteiger partial charge in [0.2, 0.25) is 0 Å². The van der Waals surface area contributed by atoms with Gasteiger partial charge in [-0.3, -0.25) is 0 Å². The van der Waals surface area contributed by atoms with Gasteiger partial charge >= 0.3 is 0 Å². The lowest BCUT2D eigenvalue weighted by Crippen LogP contribution is -1.93. The second kappa shape index (κ2) is 5.40. The van der Waals surface area contributed by atoms with Crippen LogP contribution in [0.25, 0.3) is 11.6 Å². The van der Waals surface area contributed by atoms with E-state index in [0.717, 1.165) is 26.8 Å². The maximum Gasteiger partial charge on any atom is 0.200 e. The number of thioether (sulfide) groups is 1. The molecule has 0 atom stereocenters. The highest BCUT2D eigenvalue weighted by Gasteiger charge is 2.13. The fraction of sp³-hybridized carbons (Fsp3) is 0.167. The fourth-order valence-corrected chi connectivity index (χ4v) is 3.67. The molecule has 0 aromatic carbocycles. The van der Waals surface area contributed by atoms with Crippen molar-refractivity contribution in [3.63, 3.8) is 0 Å². The van der Waals surface area contributed by atoms with Gasteiger partial charge < -0.3 is 8.98 Å². The highest BCUT2D eigenvalue weighted by molar-refractivity contribution is 7.98. The zero-order valence-corrected chi connectivity index (χ0v) is 12.4. The zero-order valence-electron chi connectivity index (χ0n) is 10.0. The molecule has 0 amide bonds. The van der Waals surface area contributed by atoms with Crippen LogP contribution in [0.2, 0.25) is 4.34 Å². The number of hydrogen-bond acceptors (Lipinski definition) is 5. The summed E-state index contributed by atoms with van der Waals surface area (Å²) in [5.74, 6) is 2.29. The quantitative estimate of drug-likeness (QED) is 0.681. The number of hydrogen-bond donors (Lipinski definition) is 0. The molecule has 19 heavy (non-hydrogen) atoms. The van der Waals surface area contributed by atoms with Gasteiger partial charge in [-0.25, -0.2) is 0 Å². The second-order valence-electron chi connectivity index (χ2n) is 3.84. The molecular formula is C12H10ClN3OS2. The van der Waals surface area contributed by atoms with E-state index in [1.54, 1.807) is 29.4 Å². The van der Waals surface area contributed by atoms with Crippen molar-refractivity contribution in [3.8, 4) is 11.6 Å². The van der Waals surface area contributed by atoms with Crippen LogP contribution in [0.15, 0.2) is 40.1 Å². The van der Waals surface area contributed by atoms with E-state index in [1.807, 2.05) is 35.9 Å². The summed E-state index contributed by atoms with van der Waals surface area (Å²) in [6.07, 6.45) is 1.63. The van der Waals surface area contributed by atoms with Crippen LogP contribution in [0.3, 0.4) is 0 Å². The number of halogens is 1. The predicted molar refractivity (Wildman–Crippen MR) is 77.6 cm³/mol. The van der Waals surface area contributed by atoms with E-state index >= 15 is 0 Å². The van der Waals surface area contributed by atoms with Gasteiger partial charge in [0.05, 0.1) is 10.6 Å². The SMILES string of the molecule is Cn1c(SCc2ccc(Cl)s2)nnc1-c1ccco1. The Morgan fingerprint density at radius 1 is 1.37 bits per heavy atom. The minimum atomic E-state index is 0.723. The Balaban J connectivity index is 1.75. The topological polar surface area (TPSA) is 43.9 Å². The maximum absolute atomic E-state index is 5.91. The van der Waals surface area contributed by atoms with Crippen LogP contribution in [0.1, 0.15) is 4.88 Å². The highest BCUT2D eigenvalue weighted by Crippen LogP contribution is 2.29. The molecule has 0 radical (unpaired) electrons. The molecule has 4 nitrogen and oxygen atoms in total. The molecule has 7 heteroatoms. The molecule has 0 N–H and O–H groups in total. The van der Waals surface area contributed by atoms with Crippen LogP contribution >= 0.6 is 34.7 Å². The average Bonchev–Trinajstić information content (AvgIpc) is 3.09. The molecule has 0 aliphatic carbocycles. The number of nitrogens with zero attached hydrogens (tertiary/aromatic N) is 3. The van der Waals surface area contributed by atoms with Crippen molar-refractivity contribution >= 4 is 34.7 Å². The zero-order chi connectivity index (χ0) is 13.2. The Kier molecular flexibility index (Phi) is 3.63. The van der Waals surface area contributed by atoms with E-state index in [1.165, 1.54) is 4.88 Å². The number of aromatic nitrogens is 3. The molecule has 98 valence electrons. The standard InChI is InChI=1S/C12H10ClN3OS2/c1-16-11(9-3-2-6-17-9)14-15-12(16)18-7-8-4-5-10(13)19-8/h2-6H,7H2,1H3. The largest absolute Gasteiger partial charge is 0.461 e. The van der Waals surface area contributed by atoms with Crippen LogP contribution in [-0.4, -0.2) is 14.8 Å². The van der Waals surface area contributed by atoms with Gasteiger partial charge in [-0.2, -0.15) is 0 Å². The van der Waals surface area contributed by atoms with Crippen LogP contribution in [0.5, 0.6) is 0 Å². The Labute approximate surface area is 123 Å². The van der Waals surface area contributed by atoms with E-state index in [9.17, 15) is 0 Å². The van der Waals surface area contributed by atoms with Crippen molar-refractivity contribution in [2.45, 2.75) is 10.9 Å². The van der Waals surface area contributed by atoms with Gasteiger partial charge in [0.25, 0.3) is 0 Å². The second-order valence-corrected chi connectivity index (χ2v) is 6.58. The molecule has 0 saturated heterocycles. The molecule has 0 bridgehead atoms. The summed E-state index contributed by atoms with van der Waals surface area (Å²) in [5, 5.41) is 9.19. The Morgan fingerprint density at radius 2 is 2.26 bits per heavy atom. The minimum Gasteiger partial charge on any atom is -0.461 e. The van der Waals surface area contributed by atoms with E-state index in [0.29, 0.717) is 0 Å². The summed E-state index contributed by atoms with van der Waals surface area (Å²) in [4.78, 5) is 1.22. The summed E-state index contributed by atoms with van der Waals surface area (Å²) in [5.41, 5.74) is 0. The first-order valence-corrected chi connectivity index (χ1v) is 7.72. The molecular weight excluding hydrogens is 302 g/mol. The van der Waals surface area contributed by atoms with Gasteiger partial charge in [0, 0.05) is 17.7 Å². The van der Waals surface area contributed by atoms with Crippen molar-refractivity contribution in [2.24, 2.45) is 7.05 Å². The molecule has 0 saturated carbocycles. The summed E-state index contributed by atoms with van der Waals surface area (Å²) >= 11 is 9.13. The molecule has 3 aromatic heterocycles. The minimum absolute atomic E-state index is 0.723. The van der Waals surface area contributed by atoms with Gasteiger partial charge in [-0.05, 0) is 24.3 Å². The molecule has 0 unspecified atom stereocenters. The van der Waals surface area contributed by atoms with Crippen molar-refractivity contribution in [2.75, 3.05) is 0 Å². The third kappa shape index (κ3) is 2.70. The first-order chi connectivity index (χ1) is 9.24. The first kappa shape index (κ1) is 12.8. The Bertz CT molecular complexity index is 675. The predicted octanol–water partition coefficient (Wildman–Crippen LogP) is 4.08. The lowest BCUT2D eigenvalue weighted by molar-refractivity contribution is 0.572. The van der Waals surface area contributed by atoms with E-state index in [4.69, 9.17) is 16.0 Å². The summed E-state index contributed by atoms with van der Waals surface area (Å²) in [6.45, 7) is 0. The molecule has 3 rings (SSSR count). The Morgan fingerprint density at radius 3 is 2.95 bits per heavy atom. The van der Waals surface area contributed by atoms with E-state index in [2.05, 4.69) is 10.2 Å². The van der Waals surface area contributed by atoms with E-state index in [-0.39, 0.29) is 0 Å².